The second kappa shape index (κ2) is 17.6. The standard InChI is InChI=1S/C31H53N5O5S/c1-8-10-11-13-17-36(30(39)27(21(5)9-2)28(38)34-26-15-12-14-16-35(26)7)25(20(3)4)18-23(32-22(6)37)29-33-24(19-42-29)31(40)41/h19-21,23,25-27H,8-18H2,1-7H3,(H,32,37)(H,34,38)(H,40,41)/t21-,23+,25+,26+,27-/m0/s1. The van der Waals surface area contributed by atoms with E-state index < -0.39 is 17.9 Å². The van der Waals surface area contributed by atoms with Gasteiger partial charge in [-0.3, -0.25) is 19.3 Å². The molecule has 1 saturated heterocycles. The van der Waals surface area contributed by atoms with Gasteiger partial charge in [-0.05, 0) is 57.5 Å². The fourth-order valence-corrected chi connectivity index (χ4v) is 6.56. The van der Waals surface area contributed by atoms with Gasteiger partial charge < -0.3 is 20.6 Å². The van der Waals surface area contributed by atoms with Crippen LogP contribution in [0.15, 0.2) is 5.38 Å². The highest BCUT2D eigenvalue weighted by Gasteiger charge is 2.40. The number of likely N-dealkylation sites (tertiary alicyclic amines) is 1. The number of nitrogens with zero attached hydrogens (tertiary/aromatic N) is 3. The molecule has 2 heterocycles. The summed E-state index contributed by atoms with van der Waals surface area (Å²) in [6, 6.07) is -0.865. The largest absolute Gasteiger partial charge is 0.476 e. The number of carboxylic acid groups (broad SMARTS) is 1. The first-order chi connectivity index (χ1) is 19.9. The lowest BCUT2D eigenvalue weighted by molar-refractivity contribution is -0.148. The molecule has 238 valence electrons. The van der Waals surface area contributed by atoms with Crippen LogP contribution in [0.25, 0.3) is 0 Å². The number of piperidine rings is 1. The second-order valence-electron chi connectivity index (χ2n) is 12.1. The molecule has 0 saturated carbocycles. The fraction of sp³-hybridized carbons (Fsp3) is 0.774. The summed E-state index contributed by atoms with van der Waals surface area (Å²) in [6.07, 6.45) is 7.89. The Hall–Kier alpha value is -2.53. The first-order valence-corrected chi connectivity index (χ1v) is 16.6. The average Bonchev–Trinajstić information content (AvgIpc) is 3.43. The van der Waals surface area contributed by atoms with Crippen LogP contribution in [0.2, 0.25) is 0 Å². The fourth-order valence-electron chi connectivity index (χ4n) is 5.70. The zero-order valence-electron chi connectivity index (χ0n) is 26.6. The maximum Gasteiger partial charge on any atom is 0.355 e. The van der Waals surface area contributed by atoms with Crippen LogP contribution in [0.3, 0.4) is 0 Å². The van der Waals surface area contributed by atoms with Crippen LogP contribution in [0, 0.1) is 17.8 Å². The van der Waals surface area contributed by atoms with Gasteiger partial charge in [0.05, 0.1) is 12.2 Å². The lowest BCUT2D eigenvalue weighted by atomic mass is 9.86. The molecule has 0 radical (unpaired) electrons. The van der Waals surface area contributed by atoms with Crippen molar-refractivity contribution in [3.63, 3.8) is 0 Å². The zero-order valence-corrected chi connectivity index (χ0v) is 27.5. The minimum Gasteiger partial charge on any atom is -0.476 e. The first-order valence-electron chi connectivity index (χ1n) is 15.7. The third kappa shape index (κ3) is 10.3. The van der Waals surface area contributed by atoms with Gasteiger partial charge in [-0.15, -0.1) is 11.3 Å². The summed E-state index contributed by atoms with van der Waals surface area (Å²) >= 11 is 1.19. The van der Waals surface area contributed by atoms with Crippen molar-refractivity contribution in [1.82, 2.24) is 25.4 Å². The number of carboxylic acids is 1. The highest BCUT2D eigenvalue weighted by atomic mass is 32.1. The van der Waals surface area contributed by atoms with Crippen LogP contribution in [-0.2, 0) is 14.4 Å². The van der Waals surface area contributed by atoms with Crippen molar-refractivity contribution in [2.24, 2.45) is 17.8 Å². The Morgan fingerprint density at radius 2 is 1.86 bits per heavy atom. The molecule has 0 aliphatic carbocycles. The molecule has 0 bridgehead atoms. The van der Waals surface area contributed by atoms with Crippen LogP contribution in [0.1, 0.15) is 121 Å². The molecule has 3 N–H and O–H groups in total. The van der Waals surface area contributed by atoms with Gasteiger partial charge in [-0.1, -0.05) is 60.3 Å². The molecule has 5 atom stereocenters. The quantitative estimate of drug-likeness (QED) is 0.167. The number of carbonyl (C=O) groups excluding carboxylic acids is 3. The Labute approximate surface area is 256 Å². The van der Waals surface area contributed by atoms with Gasteiger partial charge >= 0.3 is 5.97 Å². The number of aromatic nitrogens is 1. The number of carbonyl (C=O) groups is 4. The molecule has 1 aromatic heterocycles. The van der Waals surface area contributed by atoms with Crippen molar-refractivity contribution in [2.75, 3.05) is 20.1 Å². The molecular weight excluding hydrogens is 554 g/mol. The minimum absolute atomic E-state index is 0.0143. The molecule has 0 spiro atoms. The maximum absolute atomic E-state index is 14.5. The molecule has 3 amide bonds. The van der Waals surface area contributed by atoms with E-state index in [0.717, 1.165) is 51.5 Å². The van der Waals surface area contributed by atoms with Crippen LogP contribution < -0.4 is 10.6 Å². The van der Waals surface area contributed by atoms with Crippen molar-refractivity contribution >= 4 is 35.0 Å². The predicted molar refractivity (Wildman–Crippen MR) is 166 cm³/mol. The Morgan fingerprint density at radius 1 is 1.14 bits per heavy atom. The predicted octanol–water partition coefficient (Wildman–Crippen LogP) is 5.06. The molecule has 0 aromatic carbocycles. The first kappa shape index (κ1) is 35.7. The molecule has 2 rings (SSSR count). The number of hydrogen-bond donors (Lipinski definition) is 3. The van der Waals surface area contributed by atoms with Crippen LogP contribution in [0.4, 0.5) is 0 Å². The van der Waals surface area contributed by atoms with E-state index in [1.807, 2.05) is 39.6 Å². The number of amides is 3. The lowest BCUT2D eigenvalue weighted by Gasteiger charge is -2.40. The van der Waals surface area contributed by atoms with Gasteiger partial charge in [0.25, 0.3) is 0 Å². The smallest absolute Gasteiger partial charge is 0.355 e. The van der Waals surface area contributed by atoms with Crippen molar-refractivity contribution in [2.45, 2.75) is 118 Å². The van der Waals surface area contributed by atoms with Crippen molar-refractivity contribution in [3.8, 4) is 0 Å². The van der Waals surface area contributed by atoms with Crippen LogP contribution in [-0.4, -0.2) is 75.9 Å². The topological polar surface area (TPSA) is 132 Å². The minimum atomic E-state index is -1.13. The summed E-state index contributed by atoms with van der Waals surface area (Å²) in [5.74, 6) is -2.75. The number of nitrogens with one attached hydrogen (secondary N) is 2. The highest BCUT2D eigenvalue weighted by Crippen LogP contribution is 2.30. The van der Waals surface area contributed by atoms with E-state index >= 15 is 0 Å². The third-order valence-electron chi connectivity index (χ3n) is 8.44. The summed E-state index contributed by atoms with van der Waals surface area (Å²) in [6.45, 7) is 13.0. The molecule has 1 aromatic rings. The number of aromatic carboxylic acids is 1. The Morgan fingerprint density at radius 3 is 2.40 bits per heavy atom. The van der Waals surface area contributed by atoms with E-state index in [-0.39, 0.29) is 47.5 Å². The average molecular weight is 608 g/mol. The summed E-state index contributed by atoms with van der Waals surface area (Å²) in [7, 11) is 2.01. The van der Waals surface area contributed by atoms with E-state index in [1.165, 1.54) is 23.6 Å². The molecule has 1 aliphatic heterocycles. The van der Waals surface area contributed by atoms with E-state index in [9.17, 15) is 24.3 Å². The van der Waals surface area contributed by atoms with E-state index in [4.69, 9.17) is 0 Å². The number of unbranched alkanes of at least 4 members (excludes halogenated alkanes) is 3. The van der Waals surface area contributed by atoms with E-state index in [1.54, 1.807) is 0 Å². The van der Waals surface area contributed by atoms with E-state index in [2.05, 4.69) is 27.4 Å². The summed E-state index contributed by atoms with van der Waals surface area (Å²) < 4.78 is 0. The van der Waals surface area contributed by atoms with Crippen LogP contribution in [0.5, 0.6) is 0 Å². The van der Waals surface area contributed by atoms with Crippen molar-refractivity contribution < 1.29 is 24.3 Å². The zero-order chi connectivity index (χ0) is 31.4. The maximum atomic E-state index is 14.5. The highest BCUT2D eigenvalue weighted by molar-refractivity contribution is 7.09. The van der Waals surface area contributed by atoms with Crippen molar-refractivity contribution in [1.29, 1.82) is 0 Å². The Kier molecular flexibility index (Phi) is 14.9. The molecule has 10 nitrogen and oxygen atoms in total. The van der Waals surface area contributed by atoms with Gasteiger partial charge in [-0.2, -0.15) is 0 Å². The third-order valence-corrected chi connectivity index (χ3v) is 9.40. The van der Waals surface area contributed by atoms with Gasteiger partial charge in [0.2, 0.25) is 17.7 Å². The molecule has 0 unspecified atom stereocenters. The molecule has 42 heavy (non-hydrogen) atoms. The summed E-state index contributed by atoms with van der Waals surface area (Å²) in [5.41, 5.74) is -0.0693. The number of thiazole rings is 1. The normalized spacial score (nSPS) is 18.6. The Bertz CT molecular complexity index is 1030. The summed E-state index contributed by atoms with van der Waals surface area (Å²) in [4.78, 5) is 60.4. The molecule has 11 heteroatoms. The van der Waals surface area contributed by atoms with Gasteiger partial charge in [0.15, 0.2) is 5.69 Å². The van der Waals surface area contributed by atoms with Gasteiger partial charge in [0, 0.05) is 24.9 Å². The second-order valence-corrected chi connectivity index (χ2v) is 13.0. The molecule has 1 fully saturated rings. The molecular formula is C31H53N5O5S. The molecule has 1 aliphatic rings. The SMILES string of the molecule is CCCCCCN(C(=O)[C@H](C(=O)N[C@H]1CCCCN1C)[C@@H](C)CC)[C@H](C[C@@H](NC(C)=O)c1nc(C(=O)O)cs1)C(C)C. The lowest BCUT2D eigenvalue weighted by Crippen LogP contribution is -2.56. The Balaban J connectivity index is 2.45. The number of rotatable bonds is 17. The summed E-state index contributed by atoms with van der Waals surface area (Å²) in [5, 5.41) is 17.5. The van der Waals surface area contributed by atoms with Crippen molar-refractivity contribution in [3.05, 3.63) is 16.1 Å². The van der Waals surface area contributed by atoms with Gasteiger partial charge in [-0.25, -0.2) is 9.78 Å². The van der Waals surface area contributed by atoms with Gasteiger partial charge in [0.1, 0.15) is 10.9 Å². The van der Waals surface area contributed by atoms with Crippen LogP contribution >= 0.6 is 11.3 Å². The number of hydrogen-bond acceptors (Lipinski definition) is 7. The monoisotopic (exact) mass is 607 g/mol. The van der Waals surface area contributed by atoms with E-state index in [0.29, 0.717) is 24.4 Å².